The summed E-state index contributed by atoms with van der Waals surface area (Å²) >= 11 is 1.49. The highest BCUT2D eigenvalue weighted by Gasteiger charge is 2.30. The normalized spacial score (nSPS) is 17.0. The fraction of sp³-hybridized carbons (Fsp3) is 0.455. The molecule has 1 aliphatic carbocycles. The monoisotopic (exact) mass is 400 g/mol. The molecule has 4 nitrogen and oxygen atoms in total. The highest BCUT2D eigenvalue weighted by atomic mass is 32.1. The second-order valence-corrected chi connectivity index (χ2v) is 8.66. The molecule has 148 valence electrons. The van der Waals surface area contributed by atoms with Gasteiger partial charge in [0.15, 0.2) is 0 Å². The number of amides is 2. The van der Waals surface area contributed by atoms with Crippen LogP contribution in [0.2, 0.25) is 0 Å². The molecule has 4 rings (SSSR count). The highest BCUT2D eigenvalue weighted by molar-refractivity contribution is 7.17. The van der Waals surface area contributed by atoms with Crippen LogP contribution in [0.1, 0.15) is 69.7 Å². The molecule has 1 saturated heterocycles. The number of aryl methyl sites for hydroxylation is 1. The Kier molecular flexibility index (Phi) is 5.76. The van der Waals surface area contributed by atoms with E-state index in [1.54, 1.807) is 12.1 Å². The fourth-order valence-electron chi connectivity index (χ4n) is 4.13. The van der Waals surface area contributed by atoms with Crippen molar-refractivity contribution in [1.82, 2.24) is 4.90 Å². The Morgan fingerprint density at radius 3 is 2.43 bits per heavy atom. The molecule has 1 aromatic carbocycles. The maximum absolute atomic E-state index is 14.0. The number of halogens is 1. The molecule has 0 unspecified atom stereocenters. The largest absolute Gasteiger partial charge is 0.339 e. The molecule has 28 heavy (non-hydrogen) atoms. The zero-order chi connectivity index (χ0) is 19.5. The van der Waals surface area contributed by atoms with Crippen LogP contribution in [0.4, 0.5) is 9.39 Å². The second-order valence-electron chi connectivity index (χ2n) is 7.56. The van der Waals surface area contributed by atoms with Crippen molar-refractivity contribution in [3.05, 3.63) is 51.7 Å². The average molecular weight is 401 g/mol. The van der Waals surface area contributed by atoms with Crippen LogP contribution >= 0.6 is 11.3 Å². The average Bonchev–Trinajstić information content (AvgIpc) is 2.87. The summed E-state index contributed by atoms with van der Waals surface area (Å²) in [5, 5.41) is 3.43. The molecule has 2 aromatic rings. The van der Waals surface area contributed by atoms with Crippen LogP contribution in [-0.2, 0) is 12.8 Å². The van der Waals surface area contributed by atoms with Gasteiger partial charge in [0.25, 0.3) is 11.8 Å². The van der Waals surface area contributed by atoms with Gasteiger partial charge in [-0.05, 0) is 56.2 Å². The molecule has 0 bridgehead atoms. The van der Waals surface area contributed by atoms with Crippen LogP contribution in [0.25, 0.3) is 0 Å². The Bertz CT molecular complexity index is 885. The van der Waals surface area contributed by atoms with Gasteiger partial charge in [0.2, 0.25) is 0 Å². The molecule has 0 saturated carbocycles. The summed E-state index contributed by atoms with van der Waals surface area (Å²) in [6, 6.07) is 5.94. The van der Waals surface area contributed by atoms with E-state index in [2.05, 4.69) is 5.32 Å². The third kappa shape index (κ3) is 3.83. The number of hydrogen-bond acceptors (Lipinski definition) is 3. The third-order valence-electron chi connectivity index (χ3n) is 5.62. The molecular formula is C22H25FN2O2S. The predicted molar refractivity (Wildman–Crippen MR) is 110 cm³/mol. The Labute approximate surface area is 168 Å². The number of carbonyl (C=O) groups is 2. The van der Waals surface area contributed by atoms with Crippen LogP contribution in [-0.4, -0.2) is 29.8 Å². The fourth-order valence-corrected chi connectivity index (χ4v) is 5.40. The standard InChI is InChI=1S/C22H25FN2O2S/c23-17-11-5-3-9-15(17)20(26)24-21-19(16-10-4-6-12-18(16)28-21)22(27)25-13-7-1-2-8-14-25/h3,5,9,11H,1-2,4,6-8,10,12-14H2,(H,24,26). The minimum atomic E-state index is -0.554. The van der Waals surface area contributed by atoms with Gasteiger partial charge in [0, 0.05) is 18.0 Å². The molecule has 1 N–H and O–H groups in total. The molecular weight excluding hydrogens is 375 g/mol. The van der Waals surface area contributed by atoms with Crippen molar-refractivity contribution in [2.24, 2.45) is 0 Å². The quantitative estimate of drug-likeness (QED) is 0.785. The van der Waals surface area contributed by atoms with E-state index in [0.29, 0.717) is 10.6 Å². The molecule has 2 amide bonds. The number of anilines is 1. The lowest BCUT2D eigenvalue weighted by molar-refractivity contribution is 0.0762. The molecule has 2 heterocycles. The topological polar surface area (TPSA) is 49.4 Å². The summed E-state index contributed by atoms with van der Waals surface area (Å²) in [4.78, 5) is 29.2. The first kappa shape index (κ1) is 19.1. The molecule has 1 aliphatic heterocycles. The van der Waals surface area contributed by atoms with Gasteiger partial charge in [-0.3, -0.25) is 9.59 Å². The van der Waals surface area contributed by atoms with Crippen LogP contribution in [0.15, 0.2) is 24.3 Å². The van der Waals surface area contributed by atoms with E-state index < -0.39 is 11.7 Å². The third-order valence-corrected chi connectivity index (χ3v) is 6.83. The van der Waals surface area contributed by atoms with Crippen molar-refractivity contribution in [3.63, 3.8) is 0 Å². The maximum atomic E-state index is 14.0. The first-order chi connectivity index (χ1) is 13.6. The van der Waals surface area contributed by atoms with Gasteiger partial charge in [-0.25, -0.2) is 4.39 Å². The van der Waals surface area contributed by atoms with Gasteiger partial charge in [-0.1, -0.05) is 25.0 Å². The van der Waals surface area contributed by atoms with E-state index >= 15 is 0 Å². The summed E-state index contributed by atoms with van der Waals surface area (Å²) in [6.07, 6.45) is 8.33. The van der Waals surface area contributed by atoms with Crippen molar-refractivity contribution >= 4 is 28.2 Å². The number of nitrogens with one attached hydrogen (secondary N) is 1. The molecule has 0 atom stereocenters. The van der Waals surface area contributed by atoms with Gasteiger partial charge in [-0.2, -0.15) is 0 Å². The van der Waals surface area contributed by atoms with Crippen molar-refractivity contribution in [1.29, 1.82) is 0 Å². The van der Waals surface area contributed by atoms with E-state index in [-0.39, 0.29) is 11.5 Å². The number of rotatable bonds is 3. The van der Waals surface area contributed by atoms with Gasteiger partial charge < -0.3 is 10.2 Å². The van der Waals surface area contributed by atoms with Crippen LogP contribution < -0.4 is 5.32 Å². The smallest absolute Gasteiger partial charge is 0.259 e. The number of hydrogen-bond donors (Lipinski definition) is 1. The molecule has 1 aromatic heterocycles. The van der Waals surface area contributed by atoms with Crippen LogP contribution in [0.3, 0.4) is 0 Å². The van der Waals surface area contributed by atoms with E-state index in [1.807, 2.05) is 4.90 Å². The first-order valence-electron chi connectivity index (χ1n) is 10.1. The molecule has 6 heteroatoms. The van der Waals surface area contributed by atoms with E-state index in [0.717, 1.165) is 70.0 Å². The second kappa shape index (κ2) is 8.43. The van der Waals surface area contributed by atoms with Gasteiger partial charge in [0.05, 0.1) is 11.1 Å². The Balaban J connectivity index is 1.67. The van der Waals surface area contributed by atoms with Crippen molar-refractivity contribution in [2.75, 3.05) is 18.4 Å². The van der Waals surface area contributed by atoms with E-state index in [4.69, 9.17) is 0 Å². The lowest BCUT2D eigenvalue weighted by Crippen LogP contribution is -2.33. The minimum absolute atomic E-state index is 0.00189. The predicted octanol–water partition coefficient (Wildman–Crippen LogP) is 5.03. The number of thiophene rings is 1. The molecule has 2 aliphatic rings. The zero-order valence-corrected chi connectivity index (χ0v) is 16.7. The van der Waals surface area contributed by atoms with Crippen molar-refractivity contribution in [3.8, 4) is 0 Å². The number of fused-ring (bicyclic) bond motifs is 1. The molecule has 0 spiro atoms. The Morgan fingerprint density at radius 2 is 1.68 bits per heavy atom. The first-order valence-corrected chi connectivity index (χ1v) is 11.0. The number of carbonyl (C=O) groups excluding carboxylic acids is 2. The summed E-state index contributed by atoms with van der Waals surface area (Å²) in [5.74, 6) is -1.03. The van der Waals surface area contributed by atoms with Crippen LogP contribution in [0.5, 0.6) is 0 Å². The summed E-state index contributed by atoms with van der Waals surface area (Å²) in [7, 11) is 0. The molecule has 1 fully saturated rings. The maximum Gasteiger partial charge on any atom is 0.259 e. The highest BCUT2D eigenvalue weighted by Crippen LogP contribution is 2.39. The van der Waals surface area contributed by atoms with E-state index in [1.165, 1.54) is 28.3 Å². The number of likely N-dealkylation sites (tertiary alicyclic amines) is 1. The zero-order valence-electron chi connectivity index (χ0n) is 15.9. The summed E-state index contributed by atoms with van der Waals surface area (Å²) in [6.45, 7) is 1.54. The molecule has 0 radical (unpaired) electrons. The Morgan fingerprint density at radius 1 is 0.964 bits per heavy atom. The van der Waals surface area contributed by atoms with E-state index in [9.17, 15) is 14.0 Å². The Hall–Kier alpha value is -2.21. The van der Waals surface area contributed by atoms with Gasteiger partial charge in [0.1, 0.15) is 10.8 Å². The van der Waals surface area contributed by atoms with Crippen LogP contribution in [0, 0.1) is 5.82 Å². The SMILES string of the molecule is O=C(Nc1sc2c(c1C(=O)N1CCCCCC1)CCCC2)c1ccccc1F. The van der Waals surface area contributed by atoms with Crippen molar-refractivity contribution in [2.45, 2.75) is 51.4 Å². The number of nitrogens with zero attached hydrogens (tertiary/aromatic N) is 1. The summed E-state index contributed by atoms with van der Waals surface area (Å²) < 4.78 is 14.0. The number of benzene rings is 1. The van der Waals surface area contributed by atoms with Crippen molar-refractivity contribution < 1.29 is 14.0 Å². The van der Waals surface area contributed by atoms with Gasteiger partial charge in [-0.15, -0.1) is 11.3 Å². The summed E-state index contributed by atoms with van der Waals surface area (Å²) in [5.41, 5.74) is 1.74. The lowest BCUT2D eigenvalue weighted by atomic mass is 9.95. The van der Waals surface area contributed by atoms with Gasteiger partial charge >= 0.3 is 0 Å². The minimum Gasteiger partial charge on any atom is -0.339 e. The lowest BCUT2D eigenvalue weighted by Gasteiger charge is -2.22.